The monoisotopic (exact) mass is 329 g/mol. The number of rotatable bonds is 8. The predicted octanol–water partition coefficient (Wildman–Crippen LogP) is 3.60. The summed E-state index contributed by atoms with van der Waals surface area (Å²) in [5, 5.41) is 0. The van der Waals surface area contributed by atoms with E-state index in [0.29, 0.717) is 18.8 Å². The van der Waals surface area contributed by atoms with Crippen molar-refractivity contribution >= 4 is 11.7 Å². The molecule has 0 aromatic heterocycles. The highest BCUT2D eigenvalue weighted by molar-refractivity contribution is 5.89. The van der Waals surface area contributed by atoms with E-state index in [4.69, 9.17) is 15.2 Å². The van der Waals surface area contributed by atoms with Crippen LogP contribution in [0.4, 0.5) is 5.69 Å². The maximum Gasteiger partial charge on any atom is 0.337 e. The molecule has 5 nitrogen and oxygen atoms in total. The summed E-state index contributed by atoms with van der Waals surface area (Å²) in [5.41, 5.74) is 8.07. The van der Waals surface area contributed by atoms with Gasteiger partial charge in [0, 0.05) is 11.3 Å². The van der Waals surface area contributed by atoms with Crippen molar-refractivity contribution < 1.29 is 19.0 Å². The Bertz CT molecular complexity index is 668. The van der Waals surface area contributed by atoms with Crippen molar-refractivity contribution in [3.05, 3.63) is 53.6 Å². The van der Waals surface area contributed by atoms with Gasteiger partial charge in [-0.3, -0.25) is 0 Å². The normalized spacial score (nSPS) is 10.2. The smallest absolute Gasteiger partial charge is 0.337 e. The van der Waals surface area contributed by atoms with Crippen molar-refractivity contribution in [2.24, 2.45) is 0 Å². The van der Waals surface area contributed by atoms with E-state index in [2.05, 4.69) is 4.74 Å². The van der Waals surface area contributed by atoms with Gasteiger partial charge in [-0.05, 0) is 56.2 Å². The highest BCUT2D eigenvalue weighted by atomic mass is 16.5. The molecule has 0 unspecified atom stereocenters. The van der Waals surface area contributed by atoms with Gasteiger partial charge in [-0.15, -0.1) is 0 Å². The van der Waals surface area contributed by atoms with Crippen LogP contribution in [-0.2, 0) is 4.74 Å². The average Bonchev–Trinajstić information content (AvgIpc) is 2.61. The van der Waals surface area contributed by atoms with E-state index in [0.717, 1.165) is 35.6 Å². The lowest BCUT2D eigenvalue weighted by Gasteiger charge is -2.11. The van der Waals surface area contributed by atoms with Crippen molar-refractivity contribution in [1.29, 1.82) is 0 Å². The maximum atomic E-state index is 11.3. The van der Waals surface area contributed by atoms with Crippen LogP contribution in [0.5, 0.6) is 11.5 Å². The molecule has 0 atom stereocenters. The van der Waals surface area contributed by atoms with Crippen LogP contribution in [0.3, 0.4) is 0 Å². The molecule has 0 saturated carbocycles. The molecule has 2 rings (SSSR count). The molecule has 128 valence electrons. The summed E-state index contributed by atoms with van der Waals surface area (Å²) in [6, 6.07) is 12.6. The molecule has 0 aliphatic carbocycles. The first kappa shape index (κ1) is 17.7. The van der Waals surface area contributed by atoms with Crippen molar-refractivity contribution in [3.8, 4) is 11.5 Å². The molecule has 5 heteroatoms. The number of methoxy groups -OCH3 is 1. The molecule has 2 aromatic rings. The number of ether oxygens (including phenoxy) is 3. The summed E-state index contributed by atoms with van der Waals surface area (Å²) < 4.78 is 16.0. The first-order valence-corrected chi connectivity index (χ1v) is 7.91. The fraction of sp³-hybridized carbons (Fsp3) is 0.316. The SMILES string of the molecule is COC(=O)c1ccc(OCCCCOc2cccc(N)c2C)cc1. The second kappa shape index (κ2) is 8.82. The number of anilines is 1. The van der Waals surface area contributed by atoms with Crippen LogP contribution >= 0.6 is 0 Å². The van der Waals surface area contributed by atoms with Crippen LogP contribution in [0, 0.1) is 6.92 Å². The van der Waals surface area contributed by atoms with Gasteiger partial charge in [0.15, 0.2) is 0 Å². The number of hydrogen-bond acceptors (Lipinski definition) is 5. The Balaban J connectivity index is 1.66. The number of carbonyl (C=O) groups is 1. The van der Waals surface area contributed by atoms with E-state index < -0.39 is 0 Å². The number of esters is 1. The molecule has 0 aliphatic rings. The fourth-order valence-electron chi connectivity index (χ4n) is 2.17. The Kier molecular flexibility index (Phi) is 6.49. The third-order valence-electron chi connectivity index (χ3n) is 3.67. The second-order valence-electron chi connectivity index (χ2n) is 5.39. The second-order valence-corrected chi connectivity index (χ2v) is 5.39. The van der Waals surface area contributed by atoms with Crippen molar-refractivity contribution in [1.82, 2.24) is 0 Å². The van der Waals surface area contributed by atoms with Crippen LogP contribution in [0.25, 0.3) is 0 Å². The minimum atomic E-state index is -0.351. The third kappa shape index (κ3) is 4.91. The zero-order valence-corrected chi connectivity index (χ0v) is 14.1. The standard InChI is InChI=1S/C19H23NO4/c1-14-17(20)6-5-7-18(14)24-13-4-3-12-23-16-10-8-15(9-11-16)19(21)22-2/h5-11H,3-4,12-13,20H2,1-2H3. The Hall–Kier alpha value is -2.69. The molecule has 2 N–H and O–H groups in total. The zero-order chi connectivity index (χ0) is 17.4. The Labute approximate surface area is 142 Å². The molecule has 0 fully saturated rings. The van der Waals surface area contributed by atoms with E-state index in [-0.39, 0.29) is 5.97 Å². The molecule has 0 bridgehead atoms. The van der Waals surface area contributed by atoms with Gasteiger partial charge in [0.25, 0.3) is 0 Å². The van der Waals surface area contributed by atoms with Gasteiger partial charge < -0.3 is 19.9 Å². The van der Waals surface area contributed by atoms with Crippen LogP contribution in [0.15, 0.2) is 42.5 Å². The predicted molar refractivity (Wildman–Crippen MR) is 93.6 cm³/mol. The van der Waals surface area contributed by atoms with Crippen LogP contribution in [0.2, 0.25) is 0 Å². The summed E-state index contributed by atoms with van der Waals surface area (Å²) >= 11 is 0. The Morgan fingerprint density at radius 3 is 2.33 bits per heavy atom. The quantitative estimate of drug-likeness (QED) is 0.455. The summed E-state index contributed by atoms with van der Waals surface area (Å²) in [6.07, 6.45) is 1.76. The molecule has 0 aliphatic heterocycles. The zero-order valence-electron chi connectivity index (χ0n) is 14.1. The van der Waals surface area contributed by atoms with Gasteiger partial charge in [-0.1, -0.05) is 6.07 Å². The van der Waals surface area contributed by atoms with E-state index >= 15 is 0 Å². The fourth-order valence-corrected chi connectivity index (χ4v) is 2.17. The third-order valence-corrected chi connectivity index (χ3v) is 3.67. The van der Waals surface area contributed by atoms with Gasteiger partial charge in [0.05, 0.1) is 25.9 Å². The van der Waals surface area contributed by atoms with Crippen LogP contribution in [-0.4, -0.2) is 26.3 Å². The summed E-state index contributed by atoms with van der Waals surface area (Å²) in [5.74, 6) is 1.21. The average molecular weight is 329 g/mol. The summed E-state index contributed by atoms with van der Waals surface area (Å²) in [4.78, 5) is 11.3. The molecule has 0 spiro atoms. The highest BCUT2D eigenvalue weighted by Gasteiger charge is 2.05. The van der Waals surface area contributed by atoms with E-state index in [9.17, 15) is 4.79 Å². The van der Waals surface area contributed by atoms with Gasteiger partial charge in [0.2, 0.25) is 0 Å². The maximum absolute atomic E-state index is 11.3. The lowest BCUT2D eigenvalue weighted by Crippen LogP contribution is -2.04. The lowest BCUT2D eigenvalue weighted by atomic mass is 10.2. The van der Waals surface area contributed by atoms with Gasteiger partial charge in [0.1, 0.15) is 11.5 Å². The molecule has 0 saturated heterocycles. The van der Waals surface area contributed by atoms with Gasteiger partial charge in [-0.2, -0.15) is 0 Å². The first-order chi connectivity index (χ1) is 11.6. The summed E-state index contributed by atoms with van der Waals surface area (Å²) in [7, 11) is 1.36. The molecule has 0 radical (unpaired) electrons. The number of carbonyl (C=O) groups excluding carboxylic acids is 1. The number of benzene rings is 2. The molecule has 0 amide bonds. The Morgan fingerprint density at radius 2 is 1.67 bits per heavy atom. The van der Waals surface area contributed by atoms with Crippen molar-refractivity contribution in [2.75, 3.05) is 26.1 Å². The molecule has 0 heterocycles. The number of nitrogen functional groups attached to an aromatic ring is 1. The first-order valence-electron chi connectivity index (χ1n) is 7.91. The lowest BCUT2D eigenvalue weighted by molar-refractivity contribution is 0.0600. The largest absolute Gasteiger partial charge is 0.494 e. The number of nitrogens with two attached hydrogens (primary N) is 1. The summed E-state index contributed by atoms with van der Waals surface area (Å²) in [6.45, 7) is 3.16. The van der Waals surface area contributed by atoms with Crippen molar-refractivity contribution in [2.45, 2.75) is 19.8 Å². The minimum Gasteiger partial charge on any atom is -0.494 e. The van der Waals surface area contributed by atoms with Crippen molar-refractivity contribution in [3.63, 3.8) is 0 Å². The van der Waals surface area contributed by atoms with Crippen LogP contribution in [0.1, 0.15) is 28.8 Å². The molecule has 24 heavy (non-hydrogen) atoms. The molecule has 2 aromatic carbocycles. The topological polar surface area (TPSA) is 70.8 Å². The molecular weight excluding hydrogens is 306 g/mol. The number of hydrogen-bond donors (Lipinski definition) is 1. The highest BCUT2D eigenvalue weighted by Crippen LogP contribution is 2.23. The van der Waals surface area contributed by atoms with Gasteiger partial charge in [-0.25, -0.2) is 4.79 Å². The van der Waals surface area contributed by atoms with E-state index in [1.165, 1.54) is 7.11 Å². The van der Waals surface area contributed by atoms with Crippen LogP contribution < -0.4 is 15.2 Å². The number of unbranched alkanes of at least 4 members (excludes halogenated alkanes) is 1. The Morgan fingerprint density at radius 1 is 1.00 bits per heavy atom. The minimum absolute atomic E-state index is 0.351. The van der Waals surface area contributed by atoms with Gasteiger partial charge >= 0.3 is 5.97 Å². The van der Waals surface area contributed by atoms with E-state index in [1.54, 1.807) is 24.3 Å². The van der Waals surface area contributed by atoms with E-state index in [1.807, 2.05) is 25.1 Å². The molecular formula is C19H23NO4.